The van der Waals surface area contributed by atoms with Gasteiger partial charge in [-0.15, -0.1) is 0 Å². The molecule has 170 valence electrons. The predicted molar refractivity (Wildman–Crippen MR) is 134 cm³/mol. The van der Waals surface area contributed by atoms with Gasteiger partial charge in [-0.2, -0.15) is 0 Å². The number of imidazole rings is 1. The van der Waals surface area contributed by atoms with Gasteiger partial charge < -0.3 is 15.2 Å². The molecule has 4 aromatic rings. The normalized spacial score (nSPS) is 11.0. The van der Waals surface area contributed by atoms with Crippen LogP contribution < -0.4 is 10.6 Å². The molecule has 2 N–H and O–H groups in total. The molecule has 0 saturated heterocycles. The first-order chi connectivity index (χ1) is 16.0. The molecule has 2 heterocycles. The van der Waals surface area contributed by atoms with Gasteiger partial charge in [0.2, 0.25) is 0 Å². The van der Waals surface area contributed by atoms with E-state index in [2.05, 4.69) is 33.2 Å². The topological polar surface area (TPSA) is 71.8 Å². The number of hydrogen-bond acceptors (Lipinski definition) is 3. The second-order valence-corrected chi connectivity index (χ2v) is 8.55. The maximum Gasteiger partial charge on any atom is 0.319 e. The highest BCUT2D eigenvalue weighted by molar-refractivity contribution is 6.30. The van der Waals surface area contributed by atoms with Crippen molar-refractivity contribution in [2.24, 2.45) is 0 Å². The number of urea groups is 1. The molecule has 4 rings (SSSR count). The zero-order valence-corrected chi connectivity index (χ0v) is 19.7. The van der Waals surface area contributed by atoms with E-state index in [1.165, 1.54) is 0 Å². The van der Waals surface area contributed by atoms with E-state index < -0.39 is 0 Å². The molecule has 2 aromatic heterocycles. The van der Waals surface area contributed by atoms with E-state index in [0.29, 0.717) is 23.8 Å². The first-order valence-corrected chi connectivity index (χ1v) is 11.6. The van der Waals surface area contributed by atoms with Gasteiger partial charge in [0.15, 0.2) is 5.65 Å². The summed E-state index contributed by atoms with van der Waals surface area (Å²) >= 11 is 6.20. The molecule has 6 nitrogen and oxygen atoms in total. The Morgan fingerprint density at radius 3 is 2.64 bits per heavy atom. The standard InChI is InChI=1S/C26H28ClN5O/c1-3-4-13-23-31-24-18(2)22(30-26(33)29-15-19-9-6-5-7-10-19)16-28-25(24)32(23)17-20-11-8-12-21(27)14-20/h5-12,14,16H,3-4,13,15,17H2,1-2H3,(H2,29,30,33). The number of benzene rings is 2. The van der Waals surface area contributed by atoms with Crippen molar-refractivity contribution >= 4 is 34.5 Å². The highest BCUT2D eigenvalue weighted by Crippen LogP contribution is 2.26. The predicted octanol–water partition coefficient (Wildman–Crippen LogP) is 6.11. The van der Waals surface area contributed by atoms with Crippen LogP contribution in [0.5, 0.6) is 0 Å². The number of unbranched alkanes of at least 4 members (excludes halogenated alkanes) is 1. The van der Waals surface area contributed by atoms with Gasteiger partial charge in [-0.05, 0) is 36.6 Å². The smallest absolute Gasteiger partial charge is 0.319 e. The molecular weight excluding hydrogens is 434 g/mol. The SMILES string of the molecule is CCCCc1nc2c(C)c(NC(=O)NCc3ccccc3)cnc2n1Cc1cccc(Cl)c1. The summed E-state index contributed by atoms with van der Waals surface area (Å²) < 4.78 is 2.16. The average Bonchev–Trinajstić information content (AvgIpc) is 3.17. The fourth-order valence-electron chi connectivity index (χ4n) is 3.80. The van der Waals surface area contributed by atoms with Gasteiger partial charge in [0.25, 0.3) is 0 Å². The fourth-order valence-corrected chi connectivity index (χ4v) is 4.02. The fraction of sp³-hybridized carbons (Fsp3) is 0.269. The summed E-state index contributed by atoms with van der Waals surface area (Å²) in [4.78, 5) is 22.1. The minimum Gasteiger partial charge on any atom is -0.334 e. The molecule has 33 heavy (non-hydrogen) atoms. The Kier molecular flexibility index (Phi) is 7.25. The van der Waals surface area contributed by atoms with E-state index in [-0.39, 0.29) is 6.03 Å². The number of pyridine rings is 1. The Morgan fingerprint density at radius 1 is 1.09 bits per heavy atom. The van der Waals surface area contributed by atoms with Crippen molar-refractivity contribution in [2.75, 3.05) is 5.32 Å². The largest absolute Gasteiger partial charge is 0.334 e. The third kappa shape index (κ3) is 5.52. The summed E-state index contributed by atoms with van der Waals surface area (Å²) in [5, 5.41) is 6.52. The zero-order valence-electron chi connectivity index (χ0n) is 18.9. The number of halogens is 1. The lowest BCUT2D eigenvalue weighted by Crippen LogP contribution is -2.28. The third-order valence-corrected chi connectivity index (χ3v) is 5.86. The highest BCUT2D eigenvalue weighted by Gasteiger charge is 2.17. The van der Waals surface area contributed by atoms with Crippen molar-refractivity contribution in [3.63, 3.8) is 0 Å². The second kappa shape index (κ2) is 10.5. The van der Waals surface area contributed by atoms with Crippen LogP contribution in [-0.4, -0.2) is 20.6 Å². The van der Waals surface area contributed by atoms with E-state index in [9.17, 15) is 4.79 Å². The number of carbonyl (C=O) groups is 1. The van der Waals surface area contributed by atoms with E-state index >= 15 is 0 Å². The molecule has 0 unspecified atom stereocenters. The van der Waals surface area contributed by atoms with Crippen molar-refractivity contribution in [1.82, 2.24) is 19.9 Å². The number of carbonyl (C=O) groups excluding carboxylic acids is 1. The summed E-state index contributed by atoms with van der Waals surface area (Å²) in [5.74, 6) is 0.994. The summed E-state index contributed by atoms with van der Waals surface area (Å²) in [7, 11) is 0. The number of anilines is 1. The van der Waals surface area contributed by atoms with Crippen LogP contribution in [0.1, 0.15) is 42.3 Å². The van der Waals surface area contributed by atoms with Crippen molar-refractivity contribution < 1.29 is 4.79 Å². The summed E-state index contributed by atoms with van der Waals surface area (Å²) in [6.45, 7) is 5.24. The maximum atomic E-state index is 12.5. The van der Waals surface area contributed by atoms with Crippen LogP contribution in [0.4, 0.5) is 10.5 Å². The Hall–Kier alpha value is -3.38. The van der Waals surface area contributed by atoms with Gasteiger partial charge in [-0.3, -0.25) is 0 Å². The Labute approximate surface area is 199 Å². The number of nitrogens with one attached hydrogen (secondary N) is 2. The molecule has 0 spiro atoms. The molecule has 0 radical (unpaired) electrons. The van der Waals surface area contributed by atoms with Gasteiger partial charge >= 0.3 is 6.03 Å². The molecule has 0 aliphatic heterocycles. The van der Waals surface area contributed by atoms with Crippen LogP contribution in [-0.2, 0) is 19.5 Å². The van der Waals surface area contributed by atoms with Gasteiger partial charge in [0, 0.05) is 23.6 Å². The molecule has 2 aromatic carbocycles. The minimum absolute atomic E-state index is 0.271. The molecule has 2 amide bonds. The molecule has 0 fully saturated rings. The van der Waals surface area contributed by atoms with E-state index in [1.807, 2.05) is 55.5 Å². The minimum atomic E-state index is -0.271. The first-order valence-electron chi connectivity index (χ1n) is 11.2. The lowest BCUT2D eigenvalue weighted by molar-refractivity contribution is 0.251. The Bertz CT molecular complexity index is 1250. The number of aromatic nitrogens is 3. The van der Waals surface area contributed by atoms with Gasteiger partial charge in [0.05, 0.1) is 18.4 Å². The van der Waals surface area contributed by atoms with Crippen molar-refractivity contribution in [3.05, 3.63) is 88.3 Å². The Morgan fingerprint density at radius 2 is 1.88 bits per heavy atom. The van der Waals surface area contributed by atoms with Crippen LogP contribution in [0.25, 0.3) is 11.2 Å². The highest BCUT2D eigenvalue weighted by atomic mass is 35.5. The maximum absolute atomic E-state index is 12.5. The van der Waals surface area contributed by atoms with Crippen molar-refractivity contribution in [1.29, 1.82) is 0 Å². The van der Waals surface area contributed by atoms with Crippen molar-refractivity contribution in [2.45, 2.75) is 46.2 Å². The molecule has 0 aliphatic rings. The van der Waals surface area contributed by atoms with Gasteiger partial charge in [-0.25, -0.2) is 14.8 Å². The lowest BCUT2D eigenvalue weighted by atomic mass is 10.2. The summed E-state index contributed by atoms with van der Waals surface area (Å²) in [6, 6.07) is 17.4. The second-order valence-electron chi connectivity index (χ2n) is 8.11. The quantitative estimate of drug-likeness (QED) is 0.332. The van der Waals surface area contributed by atoms with Crippen LogP contribution in [0.3, 0.4) is 0 Å². The monoisotopic (exact) mass is 461 g/mol. The van der Waals surface area contributed by atoms with Crippen LogP contribution in [0.2, 0.25) is 5.02 Å². The van der Waals surface area contributed by atoms with Gasteiger partial charge in [0.1, 0.15) is 11.3 Å². The lowest BCUT2D eigenvalue weighted by Gasteiger charge is -2.11. The molecule has 7 heteroatoms. The molecule has 0 atom stereocenters. The number of aryl methyl sites for hydroxylation is 2. The average molecular weight is 462 g/mol. The van der Waals surface area contributed by atoms with Crippen molar-refractivity contribution in [3.8, 4) is 0 Å². The summed E-state index contributed by atoms with van der Waals surface area (Å²) in [6.07, 6.45) is 4.71. The molecule has 0 aliphatic carbocycles. The van der Waals surface area contributed by atoms with E-state index in [1.54, 1.807) is 6.20 Å². The molecular formula is C26H28ClN5O. The Balaban J connectivity index is 1.59. The number of hydrogen-bond donors (Lipinski definition) is 2. The third-order valence-electron chi connectivity index (χ3n) is 5.62. The van der Waals surface area contributed by atoms with Crippen LogP contribution >= 0.6 is 11.6 Å². The van der Waals surface area contributed by atoms with E-state index in [4.69, 9.17) is 16.6 Å². The van der Waals surface area contributed by atoms with Crippen LogP contribution in [0, 0.1) is 6.92 Å². The van der Waals surface area contributed by atoms with E-state index in [0.717, 1.165) is 52.9 Å². The van der Waals surface area contributed by atoms with Gasteiger partial charge in [-0.1, -0.05) is 67.4 Å². The first kappa shape index (κ1) is 22.8. The number of nitrogens with zero attached hydrogens (tertiary/aromatic N) is 3. The summed E-state index contributed by atoms with van der Waals surface area (Å²) in [5.41, 5.74) is 5.32. The zero-order chi connectivity index (χ0) is 23.2. The van der Waals surface area contributed by atoms with Crippen LogP contribution in [0.15, 0.2) is 60.8 Å². The number of rotatable bonds is 8. The molecule has 0 bridgehead atoms. The number of fused-ring (bicyclic) bond motifs is 1. The number of amides is 2. The molecule has 0 saturated carbocycles.